The summed E-state index contributed by atoms with van der Waals surface area (Å²) in [4.78, 5) is 71.3. The molecule has 12 heteroatoms. The normalized spacial score (nSPS) is 23.8. The first-order chi connectivity index (χ1) is 22.2. The number of aliphatic carboxylic acids is 1. The highest BCUT2D eigenvalue weighted by Crippen LogP contribution is 2.47. The van der Waals surface area contributed by atoms with Crippen LogP contribution in [0.15, 0.2) is 35.1 Å². The van der Waals surface area contributed by atoms with Gasteiger partial charge >= 0.3 is 11.9 Å². The summed E-state index contributed by atoms with van der Waals surface area (Å²) >= 11 is 0. The molecule has 4 atom stereocenters. The third-order valence-electron chi connectivity index (χ3n) is 10.4. The van der Waals surface area contributed by atoms with E-state index < -0.39 is 35.0 Å². The van der Waals surface area contributed by atoms with Gasteiger partial charge in [0.05, 0.1) is 31.1 Å². The summed E-state index contributed by atoms with van der Waals surface area (Å²) in [6.45, 7) is 12.5. The van der Waals surface area contributed by atoms with Gasteiger partial charge in [-0.2, -0.15) is 0 Å². The number of carbonyl (C=O) groups is 5. The van der Waals surface area contributed by atoms with E-state index in [4.69, 9.17) is 4.74 Å². The molecule has 0 spiro atoms. The van der Waals surface area contributed by atoms with Crippen molar-refractivity contribution in [3.63, 3.8) is 0 Å². The largest absolute Gasteiger partial charge is 0.481 e. The predicted octanol–water partition coefficient (Wildman–Crippen LogP) is 2.97. The number of carboxylic acids is 1. The number of aliphatic hydroxyl groups excluding tert-OH is 1. The Kier molecular flexibility index (Phi) is 8.93. The minimum Gasteiger partial charge on any atom is -0.481 e. The van der Waals surface area contributed by atoms with E-state index in [0.717, 1.165) is 22.4 Å². The Hall–Kier alpha value is -4.71. The van der Waals surface area contributed by atoms with Gasteiger partial charge in [0.25, 0.3) is 5.91 Å². The molecule has 0 bridgehead atoms. The molecule has 2 aromatic rings. The predicted molar refractivity (Wildman–Crippen MR) is 172 cm³/mol. The molecule has 4 unspecified atom stereocenters. The first kappa shape index (κ1) is 33.6. The van der Waals surface area contributed by atoms with E-state index in [2.05, 4.69) is 27.2 Å². The number of carboxylic acid groups (broad SMARTS) is 1. The Morgan fingerprint density at radius 1 is 1.06 bits per heavy atom. The van der Waals surface area contributed by atoms with Crippen molar-refractivity contribution in [3.05, 3.63) is 80.1 Å². The first-order valence-electron chi connectivity index (χ1n) is 15.8. The molecule has 12 nitrogen and oxygen atoms in total. The number of aromatic nitrogens is 2. The highest BCUT2D eigenvalue weighted by Gasteiger charge is 2.50. The zero-order valence-corrected chi connectivity index (χ0v) is 27.6. The highest BCUT2D eigenvalue weighted by atomic mass is 16.5. The van der Waals surface area contributed by atoms with E-state index in [1.165, 1.54) is 13.2 Å². The molecule has 0 radical (unpaired) electrons. The van der Waals surface area contributed by atoms with Crippen LogP contribution in [0.5, 0.6) is 0 Å². The van der Waals surface area contributed by atoms with Gasteiger partial charge in [0.1, 0.15) is 5.92 Å². The van der Waals surface area contributed by atoms with Crippen LogP contribution in [-0.2, 0) is 43.2 Å². The molecule has 2 aliphatic heterocycles. The van der Waals surface area contributed by atoms with Crippen molar-refractivity contribution in [2.75, 3.05) is 13.7 Å². The molecular weight excluding hydrogens is 604 g/mol. The summed E-state index contributed by atoms with van der Waals surface area (Å²) in [6, 6.07) is -0.322. The van der Waals surface area contributed by atoms with Gasteiger partial charge in [-0.05, 0) is 68.4 Å². The number of esters is 1. The lowest BCUT2D eigenvalue weighted by molar-refractivity contribution is -0.144. The number of rotatable bonds is 12. The third kappa shape index (κ3) is 5.34. The standard InChI is InChI=1S/C35H42N4O8/c1-8-18-15(3)22(38-32(18)44)12-21-16(4)19(10-11-25(41)42)29(36-21)27-28(33(45)47-7)31(43)26-17(5)23(37-30(26)27)13-24-20(9-2)35(6,14-40)34(46)39-24/h8,22,27-28,36-37,40H,1,9-14H2,2-7H3,(H,38,44)(H,39,46)(H,41,42). The number of carbonyl (C=O) groups excluding carboxylic acids is 4. The van der Waals surface area contributed by atoms with Crippen LogP contribution in [0.4, 0.5) is 0 Å². The van der Waals surface area contributed by atoms with Gasteiger partial charge in [-0.25, -0.2) is 0 Å². The molecule has 2 aromatic heterocycles. The Balaban J connectivity index is 1.63. The highest BCUT2D eigenvalue weighted by molar-refractivity contribution is 6.14. The number of methoxy groups -OCH3 is 1. The average Bonchev–Trinajstić information content (AvgIpc) is 3.75. The summed E-state index contributed by atoms with van der Waals surface area (Å²) in [5.41, 5.74) is 6.70. The zero-order valence-electron chi connectivity index (χ0n) is 27.6. The second kappa shape index (κ2) is 12.5. The third-order valence-corrected chi connectivity index (χ3v) is 10.4. The number of aromatic amines is 2. The van der Waals surface area contributed by atoms with Gasteiger partial charge in [0.15, 0.2) is 5.78 Å². The van der Waals surface area contributed by atoms with Crippen LogP contribution < -0.4 is 10.6 Å². The summed E-state index contributed by atoms with van der Waals surface area (Å²) in [5, 5.41) is 25.5. The Labute approximate surface area is 272 Å². The Bertz CT molecular complexity index is 1790. The van der Waals surface area contributed by atoms with E-state index in [1.54, 1.807) is 13.8 Å². The number of H-pyrrole nitrogens is 2. The smallest absolute Gasteiger partial charge is 0.317 e. The lowest BCUT2D eigenvalue weighted by Crippen LogP contribution is -2.34. The number of nitrogens with one attached hydrogen (secondary N) is 4. The summed E-state index contributed by atoms with van der Waals surface area (Å²) in [6.07, 6.45) is 2.69. The van der Waals surface area contributed by atoms with E-state index in [-0.39, 0.29) is 43.7 Å². The second-order valence-corrected chi connectivity index (χ2v) is 12.8. The lowest BCUT2D eigenvalue weighted by atomic mass is 9.82. The van der Waals surface area contributed by atoms with Gasteiger partial charge in [-0.3, -0.25) is 24.0 Å². The monoisotopic (exact) mass is 646 g/mol. The van der Waals surface area contributed by atoms with Crippen molar-refractivity contribution in [2.24, 2.45) is 11.3 Å². The number of amides is 2. The lowest BCUT2D eigenvalue weighted by Gasteiger charge is -2.21. The number of hydrogen-bond acceptors (Lipinski definition) is 7. The molecule has 0 aromatic carbocycles. The fourth-order valence-corrected chi connectivity index (χ4v) is 7.59. The van der Waals surface area contributed by atoms with Gasteiger partial charge in [-0.15, -0.1) is 0 Å². The first-order valence-corrected chi connectivity index (χ1v) is 15.8. The molecule has 5 rings (SSSR count). The van der Waals surface area contributed by atoms with E-state index in [0.29, 0.717) is 57.9 Å². The SMILES string of the molecule is C=CC1=C(C)C(Cc2[nH]c(C3c4[nH]c(CC5=C(CC)C(C)(CO)C(=O)N5)c(C)c4C(=O)C3C(=O)OC)c(CCC(=O)O)c2C)NC1=O. The second-order valence-electron chi connectivity index (χ2n) is 12.8. The molecule has 3 aliphatic rings. The molecule has 6 N–H and O–H groups in total. The van der Waals surface area contributed by atoms with Crippen LogP contribution in [0.2, 0.25) is 0 Å². The van der Waals surface area contributed by atoms with Crippen molar-refractivity contribution < 1.29 is 38.9 Å². The summed E-state index contributed by atoms with van der Waals surface area (Å²) in [7, 11) is 1.23. The van der Waals surface area contributed by atoms with Crippen molar-refractivity contribution >= 4 is 29.5 Å². The van der Waals surface area contributed by atoms with Crippen LogP contribution in [0.1, 0.15) is 89.4 Å². The molecular formula is C35H42N4O8. The van der Waals surface area contributed by atoms with E-state index in [1.807, 2.05) is 20.8 Å². The number of hydrogen-bond donors (Lipinski definition) is 6. The molecule has 4 heterocycles. The molecule has 0 fully saturated rings. The maximum atomic E-state index is 14.1. The number of ketones is 1. The quantitative estimate of drug-likeness (QED) is 0.150. The van der Waals surface area contributed by atoms with Crippen molar-refractivity contribution in [1.82, 2.24) is 20.6 Å². The zero-order chi connectivity index (χ0) is 34.5. The van der Waals surface area contributed by atoms with Crippen LogP contribution in [-0.4, -0.2) is 69.5 Å². The topological polar surface area (TPSA) is 191 Å². The van der Waals surface area contributed by atoms with E-state index >= 15 is 0 Å². The van der Waals surface area contributed by atoms with Crippen LogP contribution >= 0.6 is 0 Å². The van der Waals surface area contributed by atoms with E-state index in [9.17, 15) is 34.2 Å². The molecule has 2 amide bonds. The minimum absolute atomic E-state index is 0.149. The number of aliphatic hydroxyl groups is 1. The Morgan fingerprint density at radius 3 is 2.32 bits per heavy atom. The minimum atomic E-state index is -1.21. The van der Waals surface area contributed by atoms with Gasteiger partial charge < -0.3 is 35.6 Å². The number of Topliss-reactive ketones (excluding diaryl/α,β-unsaturated/α-hetero) is 1. The van der Waals surface area contributed by atoms with Crippen LogP contribution in [0, 0.1) is 25.2 Å². The maximum absolute atomic E-state index is 14.1. The van der Waals surface area contributed by atoms with Crippen molar-refractivity contribution in [1.29, 1.82) is 0 Å². The number of fused-ring (bicyclic) bond motifs is 1. The number of allylic oxidation sites excluding steroid dienone is 1. The molecule has 1 aliphatic carbocycles. The molecule has 0 saturated carbocycles. The maximum Gasteiger partial charge on any atom is 0.317 e. The van der Waals surface area contributed by atoms with Gasteiger partial charge in [0, 0.05) is 58.9 Å². The average molecular weight is 647 g/mol. The van der Waals surface area contributed by atoms with Crippen molar-refractivity contribution in [3.8, 4) is 0 Å². The molecule has 250 valence electrons. The van der Waals surface area contributed by atoms with Crippen LogP contribution in [0.25, 0.3) is 0 Å². The summed E-state index contributed by atoms with van der Waals surface area (Å²) in [5.74, 6) is -4.65. The van der Waals surface area contributed by atoms with Crippen LogP contribution in [0.3, 0.4) is 0 Å². The molecule has 0 saturated heterocycles. The van der Waals surface area contributed by atoms with Gasteiger partial charge in [0.2, 0.25) is 5.91 Å². The summed E-state index contributed by atoms with van der Waals surface area (Å²) < 4.78 is 5.12. The fourth-order valence-electron chi connectivity index (χ4n) is 7.59. The number of ether oxygens (including phenoxy) is 1. The Morgan fingerprint density at radius 2 is 1.74 bits per heavy atom. The molecule has 47 heavy (non-hydrogen) atoms. The fraction of sp³-hybridized carbons (Fsp3) is 0.457. The van der Waals surface area contributed by atoms with Crippen molar-refractivity contribution in [2.45, 2.75) is 78.7 Å². The van der Waals surface area contributed by atoms with Gasteiger partial charge in [-0.1, -0.05) is 19.6 Å².